The van der Waals surface area contributed by atoms with Crippen molar-refractivity contribution in [2.75, 3.05) is 31.6 Å². The van der Waals surface area contributed by atoms with Gasteiger partial charge in [0.2, 0.25) is 11.8 Å². The Labute approximate surface area is 153 Å². The van der Waals surface area contributed by atoms with E-state index in [1.165, 1.54) is 11.1 Å². The Balaban J connectivity index is 1.66. The standard InChI is InChI=1S/C19H26N4O3/c1-4-22(11-18-20-17(13-25-3)21-26-18)12-19(24)23-9-5-6-15-10-14(2)7-8-16(15)23/h7-8,10H,4-6,9,11-13H2,1-3H3. The lowest BCUT2D eigenvalue weighted by molar-refractivity contribution is -0.120. The number of nitrogens with zero attached hydrogens (tertiary/aromatic N) is 4. The molecule has 0 radical (unpaired) electrons. The highest BCUT2D eigenvalue weighted by Gasteiger charge is 2.24. The first kappa shape index (κ1) is 18.5. The molecule has 2 aromatic rings. The highest BCUT2D eigenvalue weighted by molar-refractivity contribution is 5.96. The molecule has 0 N–H and O–H groups in total. The van der Waals surface area contributed by atoms with Crippen LogP contribution in [0.2, 0.25) is 0 Å². The van der Waals surface area contributed by atoms with Crippen molar-refractivity contribution < 1.29 is 14.1 Å². The topological polar surface area (TPSA) is 71.7 Å². The quantitative estimate of drug-likeness (QED) is 0.756. The first-order valence-electron chi connectivity index (χ1n) is 9.03. The summed E-state index contributed by atoms with van der Waals surface area (Å²) in [6.07, 6.45) is 2.03. The van der Waals surface area contributed by atoms with E-state index >= 15 is 0 Å². The van der Waals surface area contributed by atoms with Crippen molar-refractivity contribution in [2.24, 2.45) is 0 Å². The minimum atomic E-state index is 0.105. The molecule has 0 saturated heterocycles. The van der Waals surface area contributed by atoms with Gasteiger partial charge in [-0.3, -0.25) is 9.69 Å². The molecule has 0 bridgehead atoms. The summed E-state index contributed by atoms with van der Waals surface area (Å²) in [7, 11) is 1.59. The summed E-state index contributed by atoms with van der Waals surface area (Å²) >= 11 is 0. The van der Waals surface area contributed by atoms with Crippen molar-refractivity contribution in [3.63, 3.8) is 0 Å². The third-order valence-electron chi connectivity index (χ3n) is 4.60. The van der Waals surface area contributed by atoms with Gasteiger partial charge in [-0.25, -0.2) is 0 Å². The highest BCUT2D eigenvalue weighted by Crippen LogP contribution is 2.28. The SMILES string of the molecule is CCN(CC(=O)N1CCCc2cc(C)ccc21)Cc1nc(COC)no1. The van der Waals surface area contributed by atoms with Crippen LogP contribution in [0.4, 0.5) is 5.69 Å². The molecule has 0 fully saturated rings. The van der Waals surface area contributed by atoms with E-state index < -0.39 is 0 Å². The summed E-state index contributed by atoms with van der Waals surface area (Å²) in [6, 6.07) is 6.31. The average Bonchev–Trinajstić information content (AvgIpc) is 3.07. The molecule has 0 atom stereocenters. The number of anilines is 1. The number of benzene rings is 1. The summed E-state index contributed by atoms with van der Waals surface area (Å²) in [4.78, 5) is 21.1. The van der Waals surface area contributed by atoms with Gasteiger partial charge in [-0.15, -0.1) is 0 Å². The van der Waals surface area contributed by atoms with Crippen molar-refractivity contribution in [3.8, 4) is 0 Å². The van der Waals surface area contributed by atoms with Gasteiger partial charge in [-0.2, -0.15) is 4.98 Å². The molecule has 3 rings (SSSR count). The monoisotopic (exact) mass is 358 g/mol. The number of carbonyl (C=O) groups is 1. The zero-order valence-corrected chi connectivity index (χ0v) is 15.7. The fourth-order valence-electron chi connectivity index (χ4n) is 3.27. The summed E-state index contributed by atoms with van der Waals surface area (Å²) in [5.74, 6) is 1.12. The fraction of sp³-hybridized carbons (Fsp3) is 0.526. The minimum Gasteiger partial charge on any atom is -0.377 e. The molecule has 1 aromatic carbocycles. The number of carbonyl (C=O) groups excluding carboxylic acids is 1. The summed E-state index contributed by atoms with van der Waals surface area (Å²) < 4.78 is 10.2. The lowest BCUT2D eigenvalue weighted by atomic mass is 9.99. The number of aryl methyl sites for hydroxylation is 2. The Bertz CT molecular complexity index is 759. The molecule has 0 unspecified atom stereocenters. The molecule has 0 saturated carbocycles. The van der Waals surface area contributed by atoms with E-state index in [9.17, 15) is 4.79 Å². The van der Waals surface area contributed by atoms with Crippen LogP contribution in [0.15, 0.2) is 22.7 Å². The van der Waals surface area contributed by atoms with Crippen LogP contribution in [-0.4, -0.2) is 47.7 Å². The molecule has 0 spiro atoms. The Hall–Kier alpha value is -2.25. The smallest absolute Gasteiger partial charge is 0.241 e. The van der Waals surface area contributed by atoms with E-state index in [0.717, 1.165) is 31.6 Å². The summed E-state index contributed by atoms with van der Waals surface area (Å²) in [5, 5.41) is 3.87. The van der Waals surface area contributed by atoms with Crippen molar-refractivity contribution in [3.05, 3.63) is 41.0 Å². The number of amides is 1. The fourth-order valence-corrected chi connectivity index (χ4v) is 3.27. The van der Waals surface area contributed by atoms with Crippen LogP contribution in [0.3, 0.4) is 0 Å². The van der Waals surface area contributed by atoms with Gasteiger partial charge in [-0.1, -0.05) is 29.8 Å². The molecule has 1 aliphatic rings. The van der Waals surface area contributed by atoms with Gasteiger partial charge in [0.1, 0.15) is 6.61 Å². The number of likely N-dealkylation sites (N-methyl/N-ethyl adjacent to an activating group) is 1. The number of fused-ring (bicyclic) bond motifs is 1. The van der Waals surface area contributed by atoms with Gasteiger partial charge in [0, 0.05) is 19.3 Å². The van der Waals surface area contributed by atoms with Crippen LogP contribution in [0, 0.1) is 6.92 Å². The lowest BCUT2D eigenvalue weighted by Gasteiger charge is -2.31. The van der Waals surface area contributed by atoms with Crippen LogP contribution in [0.5, 0.6) is 0 Å². The zero-order chi connectivity index (χ0) is 18.5. The van der Waals surface area contributed by atoms with E-state index in [1.807, 2.05) is 16.7 Å². The van der Waals surface area contributed by atoms with Crippen LogP contribution in [0.1, 0.15) is 36.2 Å². The zero-order valence-electron chi connectivity index (χ0n) is 15.7. The van der Waals surface area contributed by atoms with E-state index in [2.05, 4.69) is 35.3 Å². The van der Waals surface area contributed by atoms with E-state index in [0.29, 0.717) is 31.4 Å². The first-order valence-corrected chi connectivity index (χ1v) is 9.03. The normalized spacial score (nSPS) is 13.9. The molecule has 1 aromatic heterocycles. The molecule has 26 heavy (non-hydrogen) atoms. The predicted molar refractivity (Wildman–Crippen MR) is 97.8 cm³/mol. The second-order valence-corrected chi connectivity index (χ2v) is 6.62. The molecule has 140 valence electrons. The maximum atomic E-state index is 12.9. The summed E-state index contributed by atoms with van der Waals surface area (Å²) in [5.41, 5.74) is 3.54. The van der Waals surface area contributed by atoms with E-state index in [4.69, 9.17) is 9.26 Å². The Morgan fingerprint density at radius 2 is 2.27 bits per heavy atom. The second kappa shape index (κ2) is 8.42. The molecule has 7 heteroatoms. The largest absolute Gasteiger partial charge is 0.377 e. The van der Waals surface area contributed by atoms with Crippen molar-refractivity contribution in [1.82, 2.24) is 15.0 Å². The maximum Gasteiger partial charge on any atom is 0.241 e. The Morgan fingerprint density at radius 1 is 1.42 bits per heavy atom. The van der Waals surface area contributed by atoms with Gasteiger partial charge in [0.25, 0.3) is 0 Å². The first-order chi connectivity index (χ1) is 12.6. The summed E-state index contributed by atoms with van der Waals surface area (Å²) in [6.45, 7) is 6.69. The van der Waals surface area contributed by atoms with E-state index in [1.54, 1.807) is 7.11 Å². The van der Waals surface area contributed by atoms with Crippen LogP contribution < -0.4 is 4.90 Å². The molecule has 2 heterocycles. The van der Waals surface area contributed by atoms with Crippen LogP contribution >= 0.6 is 0 Å². The third-order valence-corrected chi connectivity index (χ3v) is 4.60. The van der Waals surface area contributed by atoms with Gasteiger partial charge in [0.05, 0.1) is 13.1 Å². The van der Waals surface area contributed by atoms with Gasteiger partial charge >= 0.3 is 0 Å². The second-order valence-electron chi connectivity index (χ2n) is 6.62. The molecule has 0 aliphatic carbocycles. The average molecular weight is 358 g/mol. The van der Waals surface area contributed by atoms with Gasteiger partial charge in [-0.05, 0) is 37.9 Å². The molecule has 1 aliphatic heterocycles. The molecule has 1 amide bonds. The molecular weight excluding hydrogens is 332 g/mol. The number of aromatic nitrogens is 2. The van der Waals surface area contributed by atoms with Gasteiger partial charge < -0.3 is 14.2 Å². The molecular formula is C19H26N4O3. The van der Waals surface area contributed by atoms with Crippen molar-refractivity contribution in [1.29, 1.82) is 0 Å². The van der Waals surface area contributed by atoms with E-state index in [-0.39, 0.29) is 5.91 Å². The number of rotatable bonds is 7. The number of hydrogen-bond acceptors (Lipinski definition) is 6. The maximum absolute atomic E-state index is 12.9. The Morgan fingerprint density at radius 3 is 3.04 bits per heavy atom. The van der Waals surface area contributed by atoms with Gasteiger partial charge in [0.15, 0.2) is 5.82 Å². The Kier molecular flexibility index (Phi) is 6.00. The number of hydrogen-bond donors (Lipinski definition) is 0. The lowest BCUT2D eigenvalue weighted by Crippen LogP contribution is -2.42. The molecule has 7 nitrogen and oxygen atoms in total. The van der Waals surface area contributed by atoms with Crippen LogP contribution in [-0.2, 0) is 29.1 Å². The number of methoxy groups -OCH3 is 1. The third kappa shape index (κ3) is 4.28. The highest BCUT2D eigenvalue weighted by atomic mass is 16.5. The van der Waals surface area contributed by atoms with Crippen molar-refractivity contribution >= 4 is 11.6 Å². The minimum absolute atomic E-state index is 0.105. The van der Waals surface area contributed by atoms with Crippen molar-refractivity contribution in [2.45, 2.75) is 39.8 Å². The van der Waals surface area contributed by atoms with Crippen LogP contribution in [0.25, 0.3) is 0 Å². The predicted octanol–water partition coefficient (Wildman–Crippen LogP) is 2.33. The number of ether oxygens (including phenoxy) is 1.